The van der Waals surface area contributed by atoms with E-state index in [2.05, 4.69) is 10.1 Å². The molecule has 1 atom stereocenters. The van der Waals surface area contributed by atoms with E-state index in [0.717, 1.165) is 25.8 Å². The zero-order valence-corrected chi connectivity index (χ0v) is 10.3. The van der Waals surface area contributed by atoms with Gasteiger partial charge in [-0.2, -0.15) is 0 Å². The molecule has 17 heavy (non-hydrogen) atoms. The fourth-order valence-electron chi connectivity index (χ4n) is 2.04. The fourth-order valence-corrected chi connectivity index (χ4v) is 2.04. The first-order valence-corrected chi connectivity index (χ1v) is 6.08. The summed E-state index contributed by atoms with van der Waals surface area (Å²) in [5.74, 6) is -0.330. The molecule has 2 amide bonds. The summed E-state index contributed by atoms with van der Waals surface area (Å²) in [6.07, 6.45) is 2.56. The van der Waals surface area contributed by atoms with Crippen molar-refractivity contribution in [1.82, 2.24) is 10.2 Å². The topological polar surface area (TPSA) is 84.7 Å². The Balaban J connectivity index is 2.35. The third-order valence-electron chi connectivity index (χ3n) is 2.88. The minimum atomic E-state index is -0.682. The van der Waals surface area contributed by atoms with E-state index in [4.69, 9.17) is 5.73 Å². The molecule has 6 heteroatoms. The van der Waals surface area contributed by atoms with Crippen LogP contribution in [0.3, 0.4) is 0 Å². The molecule has 0 saturated carbocycles. The number of hydrogen-bond donors (Lipinski definition) is 2. The molecule has 0 aromatic rings. The summed E-state index contributed by atoms with van der Waals surface area (Å²) in [5.41, 5.74) is 5.65. The van der Waals surface area contributed by atoms with E-state index >= 15 is 0 Å². The van der Waals surface area contributed by atoms with Crippen LogP contribution in [0.5, 0.6) is 0 Å². The van der Waals surface area contributed by atoms with E-state index in [0.29, 0.717) is 6.54 Å². The van der Waals surface area contributed by atoms with Crippen LogP contribution in [0.25, 0.3) is 0 Å². The van der Waals surface area contributed by atoms with E-state index in [1.807, 2.05) is 4.90 Å². The van der Waals surface area contributed by atoms with Crippen molar-refractivity contribution in [1.29, 1.82) is 0 Å². The maximum Gasteiger partial charge on any atom is 0.413 e. The second kappa shape index (κ2) is 7.24. The Morgan fingerprint density at radius 1 is 1.47 bits per heavy atom. The molecular weight excluding hydrogens is 222 g/mol. The van der Waals surface area contributed by atoms with Gasteiger partial charge in [0.2, 0.25) is 5.91 Å². The molecular formula is C11H21N3O3. The van der Waals surface area contributed by atoms with Gasteiger partial charge >= 0.3 is 6.09 Å². The predicted octanol–water partition coefficient (Wildman–Crippen LogP) is 0.0723. The highest BCUT2D eigenvalue weighted by atomic mass is 16.5. The Morgan fingerprint density at radius 3 is 2.88 bits per heavy atom. The first kappa shape index (κ1) is 13.9. The summed E-state index contributed by atoms with van der Waals surface area (Å²) in [6.45, 7) is 3.57. The lowest BCUT2D eigenvalue weighted by atomic mass is 10.0. The van der Waals surface area contributed by atoms with Gasteiger partial charge in [-0.15, -0.1) is 0 Å². The van der Waals surface area contributed by atoms with Gasteiger partial charge in [0.1, 0.15) is 0 Å². The third-order valence-corrected chi connectivity index (χ3v) is 2.88. The van der Waals surface area contributed by atoms with Crippen molar-refractivity contribution in [3.63, 3.8) is 0 Å². The Bertz CT molecular complexity index is 271. The Hall–Kier alpha value is -1.14. The summed E-state index contributed by atoms with van der Waals surface area (Å²) in [5, 5.41) is 2.19. The minimum absolute atomic E-state index is 0.209. The molecule has 98 valence electrons. The van der Waals surface area contributed by atoms with E-state index in [1.165, 1.54) is 0 Å². The molecule has 1 aliphatic rings. The number of carbonyl (C=O) groups excluding carboxylic acids is 2. The number of imide groups is 1. The number of amides is 2. The Morgan fingerprint density at radius 2 is 2.24 bits per heavy atom. The zero-order chi connectivity index (χ0) is 12.7. The van der Waals surface area contributed by atoms with Crippen molar-refractivity contribution in [3.8, 4) is 0 Å². The van der Waals surface area contributed by atoms with Gasteiger partial charge in [0, 0.05) is 12.6 Å². The maximum absolute atomic E-state index is 11.6. The molecule has 1 rings (SSSR count). The standard InChI is InChI=1S/C11H21N3O3/c1-2-17-11(16)13-10(15)8-14-6-4-3-5-9(14)7-12/h9H,2-8,12H2,1H3,(H,13,15,16). The van der Waals surface area contributed by atoms with Gasteiger partial charge in [-0.1, -0.05) is 6.42 Å². The van der Waals surface area contributed by atoms with Crippen LogP contribution in [0.2, 0.25) is 0 Å². The molecule has 6 nitrogen and oxygen atoms in total. The normalized spacial score (nSPS) is 20.9. The largest absolute Gasteiger partial charge is 0.450 e. The number of nitrogens with two attached hydrogens (primary N) is 1. The fraction of sp³-hybridized carbons (Fsp3) is 0.818. The number of rotatable bonds is 4. The lowest BCUT2D eigenvalue weighted by molar-refractivity contribution is -0.122. The molecule has 1 heterocycles. The maximum atomic E-state index is 11.6. The average Bonchev–Trinajstić information content (AvgIpc) is 2.29. The van der Waals surface area contributed by atoms with Gasteiger partial charge in [-0.3, -0.25) is 15.0 Å². The molecule has 0 aromatic carbocycles. The van der Waals surface area contributed by atoms with Crippen molar-refractivity contribution < 1.29 is 14.3 Å². The number of nitrogens with one attached hydrogen (secondary N) is 1. The van der Waals surface area contributed by atoms with Crippen LogP contribution in [-0.2, 0) is 9.53 Å². The van der Waals surface area contributed by atoms with Crippen LogP contribution in [0.4, 0.5) is 4.79 Å². The van der Waals surface area contributed by atoms with Gasteiger partial charge in [0.25, 0.3) is 0 Å². The second-order valence-electron chi connectivity index (χ2n) is 4.12. The Labute approximate surface area is 101 Å². The van der Waals surface area contributed by atoms with Crippen LogP contribution in [-0.4, -0.2) is 49.2 Å². The van der Waals surface area contributed by atoms with Crippen LogP contribution >= 0.6 is 0 Å². The van der Waals surface area contributed by atoms with E-state index in [1.54, 1.807) is 6.92 Å². The summed E-state index contributed by atoms with van der Waals surface area (Å²) in [4.78, 5) is 24.6. The second-order valence-corrected chi connectivity index (χ2v) is 4.12. The zero-order valence-electron chi connectivity index (χ0n) is 10.3. The molecule has 0 aliphatic carbocycles. The summed E-state index contributed by atoms with van der Waals surface area (Å²) < 4.78 is 4.64. The molecule has 1 aliphatic heterocycles. The molecule has 0 spiro atoms. The molecule has 0 bridgehead atoms. The minimum Gasteiger partial charge on any atom is -0.450 e. The van der Waals surface area contributed by atoms with Gasteiger partial charge < -0.3 is 10.5 Å². The van der Waals surface area contributed by atoms with Crippen molar-refractivity contribution in [2.75, 3.05) is 26.2 Å². The lowest BCUT2D eigenvalue weighted by Gasteiger charge is -2.34. The Kier molecular flexibility index (Phi) is 5.93. The highest BCUT2D eigenvalue weighted by molar-refractivity contribution is 5.92. The molecule has 0 aromatic heterocycles. The number of ether oxygens (including phenoxy) is 1. The molecule has 0 radical (unpaired) electrons. The van der Waals surface area contributed by atoms with Crippen molar-refractivity contribution in [2.45, 2.75) is 32.2 Å². The summed E-state index contributed by atoms with van der Waals surface area (Å²) in [7, 11) is 0. The van der Waals surface area contributed by atoms with Gasteiger partial charge in [-0.25, -0.2) is 4.79 Å². The van der Waals surface area contributed by atoms with E-state index in [-0.39, 0.29) is 25.1 Å². The van der Waals surface area contributed by atoms with Crippen molar-refractivity contribution in [2.24, 2.45) is 5.73 Å². The monoisotopic (exact) mass is 243 g/mol. The first-order valence-electron chi connectivity index (χ1n) is 6.08. The van der Waals surface area contributed by atoms with E-state index in [9.17, 15) is 9.59 Å². The number of carbonyl (C=O) groups is 2. The van der Waals surface area contributed by atoms with Crippen LogP contribution in [0, 0.1) is 0 Å². The number of alkyl carbamates (subject to hydrolysis) is 1. The molecule has 3 N–H and O–H groups in total. The molecule has 1 saturated heterocycles. The summed E-state index contributed by atoms with van der Waals surface area (Å²) in [6, 6.07) is 0.247. The van der Waals surface area contributed by atoms with Crippen molar-refractivity contribution in [3.05, 3.63) is 0 Å². The molecule has 1 fully saturated rings. The van der Waals surface area contributed by atoms with Crippen LogP contribution in [0.1, 0.15) is 26.2 Å². The average molecular weight is 243 g/mol. The van der Waals surface area contributed by atoms with Gasteiger partial charge in [0.05, 0.1) is 13.2 Å². The van der Waals surface area contributed by atoms with Crippen LogP contribution in [0.15, 0.2) is 0 Å². The smallest absolute Gasteiger partial charge is 0.413 e. The third kappa shape index (κ3) is 4.70. The predicted molar refractivity (Wildman–Crippen MR) is 63.4 cm³/mol. The number of piperidine rings is 1. The van der Waals surface area contributed by atoms with Gasteiger partial charge in [-0.05, 0) is 26.3 Å². The lowest BCUT2D eigenvalue weighted by Crippen LogP contribution is -2.49. The SMILES string of the molecule is CCOC(=O)NC(=O)CN1CCCCC1CN. The highest BCUT2D eigenvalue weighted by Gasteiger charge is 2.23. The quantitative estimate of drug-likeness (QED) is 0.730. The van der Waals surface area contributed by atoms with Crippen molar-refractivity contribution >= 4 is 12.0 Å². The first-order chi connectivity index (χ1) is 8.17. The number of likely N-dealkylation sites (tertiary alicyclic amines) is 1. The van der Waals surface area contributed by atoms with E-state index < -0.39 is 6.09 Å². The molecule has 1 unspecified atom stereocenters. The highest BCUT2D eigenvalue weighted by Crippen LogP contribution is 2.15. The van der Waals surface area contributed by atoms with Crippen LogP contribution < -0.4 is 11.1 Å². The number of nitrogens with zero attached hydrogens (tertiary/aromatic N) is 1. The number of hydrogen-bond acceptors (Lipinski definition) is 5. The summed E-state index contributed by atoms with van der Waals surface area (Å²) >= 11 is 0. The van der Waals surface area contributed by atoms with Gasteiger partial charge in [0.15, 0.2) is 0 Å².